The van der Waals surface area contributed by atoms with E-state index in [9.17, 15) is 18.0 Å². The van der Waals surface area contributed by atoms with Crippen LogP contribution in [-0.4, -0.2) is 26.7 Å². The summed E-state index contributed by atoms with van der Waals surface area (Å²) in [5, 5.41) is 0. The van der Waals surface area contributed by atoms with Gasteiger partial charge in [0.05, 0.1) is 11.4 Å². The summed E-state index contributed by atoms with van der Waals surface area (Å²) in [6, 6.07) is 9.37. The van der Waals surface area contributed by atoms with Gasteiger partial charge >= 0.3 is 6.18 Å². The number of aryl methyl sites for hydroxylation is 1. The minimum Gasteiger partial charge on any atom is -0.339 e. The van der Waals surface area contributed by atoms with Crippen LogP contribution in [0.15, 0.2) is 35.3 Å². The molecule has 0 bridgehead atoms. The predicted octanol–water partition coefficient (Wildman–Crippen LogP) is 5.52. The molecule has 26 heavy (non-hydrogen) atoms. The van der Waals surface area contributed by atoms with E-state index in [4.69, 9.17) is 0 Å². The zero-order chi connectivity index (χ0) is 18.9. The third-order valence-corrected chi connectivity index (χ3v) is 6.34. The van der Waals surface area contributed by atoms with Gasteiger partial charge in [-0.2, -0.15) is 13.2 Å². The number of thioether (sulfide) groups is 2. The van der Waals surface area contributed by atoms with Crippen LogP contribution in [0.3, 0.4) is 0 Å². The highest BCUT2D eigenvalue weighted by atomic mass is 32.2. The molecule has 2 heterocycles. The van der Waals surface area contributed by atoms with E-state index in [-0.39, 0.29) is 11.5 Å². The van der Waals surface area contributed by atoms with E-state index in [2.05, 4.69) is 4.99 Å². The highest BCUT2D eigenvalue weighted by Crippen LogP contribution is 2.34. The predicted molar refractivity (Wildman–Crippen MR) is 102 cm³/mol. The van der Waals surface area contributed by atoms with Crippen LogP contribution in [0.2, 0.25) is 0 Å². The SMILES string of the molecule is Cc1cc(C(=O)CSC2=Nc3ccccc3CS2)c(C)n1CC(F)(F)F. The van der Waals surface area contributed by atoms with Crippen molar-refractivity contribution >= 4 is 39.4 Å². The summed E-state index contributed by atoms with van der Waals surface area (Å²) in [5.74, 6) is 0.777. The van der Waals surface area contributed by atoms with Crippen molar-refractivity contribution in [2.24, 2.45) is 4.99 Å². The summed E-state index contributed by atoms with van der Waals surface area (Å²) in [6.45, 7) is 2.06. The van der Waals surface area contributed by atoms with Crippen molar-refractivity contribution in [2.45, 2.75) is 32.3 Å². The van der Waals surface area contributed by atoms with Crippen molar-refractivity contribution in [3.05, 3.63) is 52.8 Å². The van der Waals surface area contributed by atoms with Gasteiger partial charge in [0.1, 0.15) is 10.9 Å². The first-order chi connectivity index (χ1) is 12.2. The highest BCUT2D eigenvalue weighted by Gasteiger charge is 2.30. The van der Waals surface area contributed by atoms with Gasteiger partial charge in [-0.3, -0.25) is 4.79 Å². The van der Waals surface area contributed by atoms with Gasteiger partial charge in [0.15, 0.2) is 5.78 Å². The van der Waals surface area contributed by atoms with E-state index in [0.717, 1.165) is 25.9 Å². The number of fused-ring (bicyclic) bond motifs is 1. The minimum absolute atomic E-state index is 0.157. The number of carbonyl (C=O) groups is 1. The maximum Gasteiger partial charge on any atom is 0.406 e. The number of hydrogen-bond acceptors (Lipinski definition) is 4. The Bertz CT molecular complexity index is 872. The summed E-state index contributed by atoms with van der Waals surface area (Å²) in [4.78, 5) is 17.0. The van der Waals surface area contributed by atoms with Gasteiger partial charge in [-0.05, 0) is 31.5 Å². The molecular formula is C18H17F3N2OS2. The Hall–Kier alpha value is -1.67. The molecule has 1 aromatic carbocycles. The van der Waals surface area contributed by atoms with Crippen LogP contribution in [0.4, 0.5) is 18.9 Å². The van der Waals surface area contributed by atoms with E-state index in [1.165, 1.54) is 17.8 Å². The maximum absolute atomic E-state index is 12.7. The smallest absolute Gasteiger partial charge is 0.339 e. The number of Topliss-reactive ketones (excluding diaryl/α,β-unsaturated/α-hetero) is 1. The van der Waals surface area contributed by atoms with Gasteiger partial charge in [0.2, 0.25) is 0 Å². The Morgan fingerprint density at radius 2 is 2.04 bits per heavy atom. The molecule has 2 aromatic rings. The molecule has 0 unspecified atom stereocenters. The van der Waals surface area contributed by atoms with E-state index in [1.54, 1.807) is 25.6 Å². The number of para-hydroxylation sites is 1. The molecule has 0 aliphatic carbocycles. The Morgan fingerprint density at radius 3 is 2.77 bits per heavy atom. The molecule has 1 aliphatic rings. The van der Waals surface area contributed by atoms with Gasteiger partial charge < -0.3 is 4.57 Å². The fraction of sp³-hybridized carbons (Fsp3) is 0.333. The molecule has 0 radical (unpaired) electrons. The van der Waals surface area contributed by atoms with Gasteiger partial charge in [0.25, 0.3) is 0 Å². The first kappa shape index (κ1) is 19.1. The Balaban J connectivity index is 1.70. The van der Waals surface area contributed by atoms with Crippen molar-refractivity contribution in [1.29, 1.82) is 0 Å². The van der Waals surface area contributed by atoms with Crippen molar-refractivity contribution in [3.63, 3.8) is 0 Å². The summed E-state index contributed by atoms with van der Waals surface area (Å²) in [7, 11) is 0. The van der Waals surface area contributed by atoms with Crippen LogP contribution < -0.4 is 0 Å². The Labute approximate surface area is 158 Å². The summed E-state index contributed by atoms with van der Waals surface area (Å²) in [6.07, 6.45) is -4.32. The summed E-state index contributed by atoms with van der Waals surface area (Å²) >= 11 is 2.90. The second kappa shape index (κ2) is 7.52. The number of hydrogen-bond donors (Lipinski definition) is 0. The molecule has 1 aromatic heterocycles. The first-order valence-corrected chi connectivity index (χ1v) is 9.90. The largest absolute Gasteiger partial charge is 0.406 e. The number of benzene rings is 1. The molecule has 0 fully saturated rings. The third-order valence-electron chi connectivity index (χ3n) is 4.09. The second-order valence-corrected chi connectivity index (χ2v) is 8.18. The number of ketones is 1. The maximum atomic E-state index is 12.7. The number of halogens is 3. The monoisotopic (exact) mass is 398 g/mol. The van der Waals surface area contributed by atoms with Crippen LogP contribution in [0.1, 0.15) is 27.3 Å². The molecular weight excluding hydrogens is 381 g/mol. The van der Waals surface area contributed by atoms with Crippen molar-refractivity contribution < 1.29 is 18.0 Å². The fourth-order valence-corrected chi connectivity index (χ4v) is 4.74. The second-order valence-electron chi connectivity index (χ2n) is 5.99. The average molecular weight is 398 g/mol. The molecule has 0 spiro atoms. The summed E-state index contributed by atoms with van der Waals surface area (Å²) < 4.78 is 40.0. The lowest BCUT2D eigenvalue weighted by Gasteiger charge is -2.14. The van der Waals surface area contributed by atoms with Crippen LogP contribution in [-0.2, 0) is 12.3 Å². The number of rotatable bonds is 4. The molecule has 8 heteroatoms. The third kappa shape index (κ3) is 4.35. The number of carbonyl (C=O) groups excluding carboxylic acids is 1. The van der Waals surface area contributed by atoms with Crippen LogP contribution in [0.5, 0.6) is 0 Å². The zero-order valence-electron chi connectivity index (χ0n) is 14.3. The molecule has 0 saturated heterocycles. The lowest BCUT2D eigenvalue weighted by Crippen LogP contribution is -2.19. The van der Waals surface area contributed by atoms with Crippen LogP contribution in [0.25, 0.3) is 0 Å². The number of alkyl halides is 3. The molecule has 138 valence electrons. The van der Waals surface area contributed by atoms with Crippen LogP contribution >= 0.6 is 23.5 Å². The van der Waals surface area contributed by atoms with Gasteiger partial charge in [0, 0.05) is 22.7 Å². The van der Waals surface area contributed by atoms with E-state index in [1.807, 2.05) is 24.3 Å². The lowest BCUT2D eigenvalue weighted by atomic mass is 10.2. The van der Waals surface area contributed by atoms with E-state index in [0.29, 0.717) is 17.0 Å². The number of aromatic nitrogens is 1. The topological polar surface area (TPSA) is 34.4 Å². The number of aliphatic imine (C=N–C) groups is 1. The van der Waals surface area contributed by atoms with Gasteiger partial charge in [-0.25, -0.2) is 4.99 Å². The van der Waals surface area contributed by atoms with Gasteiger partial charge in [-0.1, -0.05) is 41.7 Å². The standard InChI is InChI=1S/C18H17F3N2OS2/c1-11-7-14(12(2)23(11)10-18(19,20)21)16(24)9-26-17-22-15-6-4-3-5-13(15)8-25-17/h3-7H,8-10H2,1-2H3. The summed E-state index contributed by atoms with van der Waals surface area (Å²) in [5.41, 5.74) is 3.20. The van der Waals surface area contributed by atoms with Crippen molar-refractivity contribution in [3.8, 4) is 0 Å². The molecule has 0 N–H and O–H groups in total. The van der Waals surface area contributed by atoms with Crippen LogP contribution in [0, 0.1) is 13.8 Å². The molecule has 0 amide bonds. The fourth-order valence-electron chi connectivity index (χ4n) is 2.80. The molecule has 3 rings (SSSR count). The first-order valence-electron chi connectivity index (χ1n) is 7.93. The van der Waals surface area contributed by atoms with E-state index < -0.39 is 12.7 Å². The zero-order valence-corrected chi connectivity index (χ0v) is 15.9. The molecule has 3 nitrogen and oxygen atoms in total. The minimum atomic E-state index is -4.32. The van der Waals surface area contributed by atoms with E-state index >= 15 is 0 Å². The van der Waals surface area contributed by atoms with Crippen molar-refractivity contribution in [1.82, 2.24) is 4.57 Å². The molecule has 0 atom stereocenters. The molecule has 0 saturated carbocycles. The average Bonchev–Trinajstić information content (AvgIpc) is 2.86. The van der Waals surface area contributed by atoms with Gasteiger partial charge in [-0.15, -0.1) is 0 Å². The highest BCUT2D eigenvalue weighted by molar-refractivity contribution is 8.38. The normalized spacial score (nSPS) is 14.1. The quantitative estimate of drug-likeness (QED) is 0.636. The molecule has 1 aliphatic heterocycles. The van der Waals surface area contributed by atoms with Crippen molar-refractivity contribution in [2.75, 3.05) is 5.75 Å². The lowest BCUT2D eigenvalue weighted by molar-refractivity contribution is -0.141. The number of nitrogens with zero attached hydrogens (tertiary/aromatic N) is 2. The Morgan fingerprint density at radius 1 is 1.31 bits per heavy atom. The Kier molecular flexibility index (Phi) is 5.53.